The van der Waals surface area contributed by atoms with E-state index in [2.05, 4.69) is 22.0 Å². The first-order valence-corrected chi connectivity index (χ1v) is 8.79. The number of hydrogen-bond acceptors (Lipinski definition) is 5. The summed E-state index contributed by atoms with van der Waals surface area (Å²) in [5.74, 6) is 1.38. The Balaban J connectivity index is 2.01. The second-order valence-electron chi connectivity index (χ2n) is 6.87. The summed E-state index contributed by atoms with van der Waals surface area (Å²) in [7, 11) is 2.09. The smallest absolute Gasteiger partial charge is 0.253 e. The fraction of sp³-hybridized carbons (Fsp3) is 0.611. The largest absolute Gasteiger partial charge is 0.387 e. The number of hydrogen-bond donors (Lipinski definition) is 1. The quantitative estimate of drug-likeness (QED) is 0.933. The van der Waals surface area contributed by atoms with Crippen molar-refractivity contribution in [3.63, 3.8) is 0 Å². The van der Waals surface area contributed by atoms with E-state index in [0.717, 1.165) is 17.2 Å². The fourth-order valence-electron chi connectivity index (χ4n) is 3.42. The van der Waals surface area contributed by atoms with E-state index in [4.69, 9.17) is 4.98 Å². The van der Waals surface area contributed by atoms with Crippen LogP contribution in [0.1, 0.15) is 62.2 Å². The molecule has 2 aromatic heterocycles. The summed E-state index contributed by atoms with van der Waals surface area (Å²) in [6, 6.07) is 4.40. The van der Waals surface area contributed by atoms with Crippen molar-refractivity contribution in [3.8, 4) is 5.95 Å². The zero-order valence-electron chi connectivity index (χ0n) is 15.0. The predicted octanol–water partition coefficient (Wildman–Crippen LogP) is 3.10. The maximum Gasteiger partial charge on any atom is 0.253 e. The van der Waals surface area contributed by atoms with Gasteiger partial charge in [-0.15, -0.1) is 0 Å². The van der Waals surface area contributed by atoms with Crippen LogP contribution in [0.3, 0.4) is 0 Å². The maximum atomic E-state index is 10.0. The van der Waals surface area contributed by atoms with Gasteiger partial charge in [-0.25, -0.2) is 9.67 Å². The van der Waals surface area contributed by atoms with Crippen molar-refractivity contribution in [1.29, 1.82) is 0 Å². The number of anilines is 1. The molecule has 6 nitrogen and oxygen atoms in total. The Labute approximate surface area is 143 Å². The average Bonchev–Trinajstić information content (AvgIpc) is 2.93. The van der Waals surface area contributed by atoms with Gasteiger partial charge in [0.2, 0.25) is 0 Å². The second kappa shape index (κ2) is 6.89. The Morgan fingerprint density at radius 1 is 1.17 bits per heavy atom. The molecule has 2 aromatic rings. The van der Waals surface area contributed by atoms with Gasteiger partial charge in [0.25, 0.3) is 5.95 Å². The molecule has 0 bridgehead atoms. The molecular weight excluding hydrogens is 302 g/mol. The third-order valence-electron chi connectivity index (χ3n) is 4.83. The third-order valence-corrected chi connectivity index (χ3v) is 4.83. The molecule has 1 saturated carbocycles. The highest BCUT2D eigenvalue weighted by Crippen LogP contribution is 2.27. The van der Waals surface area contributed by atoms with Gasteiger partial charge in [-0.2, -0.15) is 10.1 Å². The lowest BCUT2D eigenvalue weighted by molar-refractivity contribution is 0.194. The van der Waals surface area contributed by atoms with Crippen LogP contribution in [0.15, 0.2) is 12.1 Å². The van der Waals surface area contributed by atoms with Crippen LogP contribution in [0.4, 0.5) is 5.82 Å². The molecule has 6 heteroatoms. The van der Waals surface area contributed by atoms with E-state index in [0.29, 0.717) is 17.7 Å². The van der Waals surface area contributed by atoms with E-state index < -0.39 is 6.10 Å². The molecule has 3 rings (SSSR count). The number of aliphatic hydroxyl groups excluding tert-OH is 1. The highest BCUT2D eigenvalue weighted by molar-refractivity contribution is 5.43. The Kier molecular flexibility index (Phi) is 4.85. The lowest BCUT2D eigenvalue weighted by Crippen LogP contribution is -2.34. The van der Waals surface area contributed by atoms with E-state index in [1.807, 2.05) is 26.0 Å². The van der Waals surface area contributed by atoms with Gasteiger partial charge < -0.3 is 10.0 Å². The average molecular weight is 329 g/mol. The molecular formula is C18H27N5O. The maximum absolute atomic E-state index is 10.0. The molecule has 130 valence electrons. The van der Waals surface area contributed by atoms with Crippen LogP contribution in [-0.4, -0.2) is 37.9 Å². The third kappa shape index (κ3) is 3.43. The number of aromatic nitrogens is 4. The van der Waals surface area contributed by atoms with E-state index >= 15 is 0 Å². The fourth-order valence-corrected chi connectivity index (χ4v) is 3.42. The minimum Gasteiger partial charge on any atom is -0.387 e. The number of nitrogens with zero attached hydrogens (tertiary/aromatic N) is 5. The van der Waals surface area contributed by atoms with Gasteiger partial charge in [-0.05, 0) is 39.7 Å². The highest BCUT2D eigenvalue weighted by atomic mass is 16.3. The lowest BCUT2D eigenvalue weighted by atomic mass is 9.94. The van der Waals surface area contributed by atoms with Crippen LogP contribution < -0.4 is 4.90 Å². The Bertz CT molecular complexity index is 703. The molecule has 1 unspecified atom stereocenters. The Morgan fingerprint density at radius 2 is 1.88 bits per heavy atom. The van der Waals surface area contributed by atoms with Gasteiger partial charge in [0.05, 0.1) is 17.5 Å². The lowest BCUT2D eigenvalue weighted by Gasteiger charge is -2.32. The molecule has 0 aliphatic heterocycles. The van der Waals surface area contributed by atoms with Gasteiger partial charge in [-0.3, -0.25) is 0 Å². The van der Waals surface area contributed by atoms with Crippen molar-refractivity contribution >= 4 is 5.82 Å². The standard InChI is InChI=1S/C18H27N5O/c1-12-10-13(2)23(21-12)18-19-16(14(3)24)11-17(20-18)22(4)15-8-6-5-7-9-15/h10-11,14-15,24H,5-9H2,1-4H3. The van der Waals surface area contributed by atoms with Crippen LogP contribution in [-0.2, 0) is 0 Å². The van der Waals surface area contributed by atoms with Crippen molar-refractivity contribution < 1.29 is 5.11 Å². The summed E-state index contributed by atoms with van der Waals surface area (Å²) >= 11 is 0. The molecule has 1 N–H and O–H groups in total. The minimum absolute atomic E-state index is 0.504. The number of aryl methyl sites for hydroxylation is 2. The van der Waals surface area contributed by atoms with Gasteiger partial charge in [0.1, 0.15) is 5.82 Å². The summed E-state index contributed by atoms with van der Waals surface area (Å²) in [5.41, 5.74) is 2.55. The molecule has 0 spiro atoms. The molecule has 0 amide bonds. The SMILES string of the molecule is Cc1cc(C)n(-c2nc(C(C)O)cc(N(C)C3CCCCC3)n2)n1. The van der Waals surface area contributed by atoms with Crippen LogP contribution in [0.5, 0.6) is 0 Å². The number of aliphatic hydroxyl groups is 1. The van der Waals surface area contributed by atoms with Gasteiger partial charge in [-0.1, -0.05) is 19.3 Å². The molecule has 2 heterocycles. The Hall–Kier alpha value is -1.95. The van der Waals surface area contributed by atoms with Crippen molar-refractivity contribution in [3.05, 3.63) is 29.2 Å². The van der Waals surface area contributed by atoms with Gasteiger partial charge >= 0.3 is 0 Å². The van der Waals surface area contributed by atoms with E-state index in [9.17, 15) is 5.11 Å². The zero-order chi connectivity index (χ0) is 17.3. The number of rotatable bonds is 4. The first-order valence-electron chi connectivity index (χ1n) is 8.79. The van der Waals surface area contributed by atoms with Crippen LogP contribution in [0, 0.1) is 13.8 Å². The van der Waals surface area contributed by atoms with Crippen LogP contribution in [0.2, 0.25) is 0 Å². The predicted molar refractivity (Wildman–Crippen MR) is 94.5 cm³/mol. The molecule has 1 aliphatic carbocycles. The molecule has 0 saturated heterocycles. The highest BCUT2D eigenvalue weighted by Gasteiger charge is 2.21. The van der Waals surface area contributed by atoms with Crippen LogP contribution in [0.25, 0.3) is 5.95 Å². The molecule has 1 atom stereocenters. The molecule has 24 heavy (non-hydrogen) atoms. The summed E-state index contributed by atoms with van der Waals surface area (Å²) in [4.78, 5) is 11.5. The first kappa shape index (κ1) is 16.9. The van der Waals surface area contributed by atoms with E-state index in [1.165, 1.54) is 32.1 Å². The topological polar surface area (TPSA) is 67.1 Å². The summed E-state index contributed by atoms with van der Waals surface area (Å²) < 4.78 is 1.75. The second-order valence-corrected chi connectivity index (χ2v) is 6.87. The van der Waals surface area contributed by atoms with Crippen molar-refractivity contribution in [2.24, 2.45) is 0 Å². The molecule has 1 aliphatic rings. The molecule has 0 aromatic carbocycles. The van der Waals surface area contributed by atoms with Crippen molar-refractivity contribution in [2.75, 3.05) is 11.9 Å². The summed E-state index contributed by atoms with van der Waals surface area (Å²) in [6.45, 7) is 5.68. The summed E-state index contributed by atoms with van der Waals surface area (Å²) in [6.07, 6.45) is 5.62. The zero-order valence-corrected chi connectivity index (χ0v) is 15.0. The Morgan fingerprint density at radius 3 is 2.46 bits per heavy atom. The first-order chi connectivity index (χ1) is 11.5. The van der Waals surface area contributed by atoms with Crippen molar-refractivity contribution in [1.82, 2.24) is 19.7 Å². The van der Waals surface area contributed by atoms with E-state index in [-0.39, 0.29) is 0 Å². The minimum atomic E-state index is -0.637. The van der Waals surface area contributed by atoms with Crippen molar-refractivity contribution in [2.45, 2.75) is 65.0 Å². The van der Waals surface area contributed by atoms with Gasteiger partial charge in [0.15, 0.2) is 0 Å². The normalized spacial score (nSPS) is 17.0. The van der Waals surface area contributed by atoms with Crippen LogP contribution >= 0.6 is 0 Å². The molecule has 1 fully saturated rings. The van der Waals surface area contributed by atoms with E-state index in [1.54, 1.807) is 11.6 Å². The van der Waals surface area contributed by atoms with Gasteiger partial charge in [0, 0.05) is 24.8 Å². The molecule has 0 radical (unpaired) electrons. The summed E-state index contributed by atoms with van der Waals surface area (Å²) in [5, 5.41) is 14.5. The monoisotopic (exact) mass is 329 g/mol.